The zero-order valence-electron chi connectivity index (χ0n) is 30.6. The van der Waals surface area contributed by atoms with Crippen LogP contribution in [0, 0.1) is 46.8 Å². The molecule has 0 amide bonds. The van der Waals surface area contributed by atoms with Gasteiger partial charge in [0.05, 0.1) is 18.0 Å². The van der Waals surface area contributed by atoms with Gasteiger partial charge >= 0.3 is 0 Å². The average Bonchev–Trinajstić information content (AvgIpc) is 3.52. The van der Waals surface area contributed by atoms with Crippen LogP contribution < -0.4 is 15.8 Å². The summed E-state index contributed by atoms with van der Waals surface area (Å²) >= 11 is 0. The summed E-state index contributed by atoms with van der Waals surface area (Å²) in [6.07, 6.45) is 15.6. The van der Waals surface area contributed by atoms with Crippen molar-refractivity contribution >= 4 is 0 Å². The number of dihydropyridines is 1. The first kappa shape index (κ1) is 36.1. The molecular weight excluding hydrogens is 666 g/mol. The van der Waals surface area contributed by atoms with Gasteiger partial charge in [0.25, 0.3) is 0 Å². The summed E-state index contributed by atoms with van der Waals surface area (Å²) in [5, 5.41) is 60.9. The number of aliphatic hydroxyl groups is 4. The fourth-order valence-corrected chi connectivity index (χ4v) is 10.4. The highest BCUT2D eigenvalue weighted by Crippen LogP contribution is 2.50. The standard InChI is InChI=1S/C44H55N3O6/c1-2-44-14-3-5-25(11-15-44)41(51)40-29(12-16-44)19-26-7-8-27-20-36(49)38(24-34(27)33(26)23-37(40)50)53-43-31(9-10-35(48)42(43)52)32(22-30-6-4-17-46-30)28-13-18-47-39(45)21-28/h4,6,9-10,13,17,19-21,24-25,29,31-33,35,37,40-43,46-52H,2-3,5,7-8,11,14-15,18,22-23,45H2,1H3/t25-,29-,31-,32+,33+,35+,37+,40+,41-,42-,43-,44+/m0/s1. The summed E-state index contributed by atoms with van der Waals surface area (Å²) in [6.45, 7) is 2.81. The lowest BCUT2D eigenvalue weighted by atomic mass is 9.73. The molecule has 53 heavy (non-hydrogen) atoms. The lowest BCUT2D eigenvalue weighted by Crippen LogP contribution is -2.50. The molecule has 1 saturated carbocycles. The van der Waals surface area contributed by atoms with Gasteiger partial charge in [0.1, 0.15) is 18.3 Å². The summed E-state index contributed by atoms with van der Waals surface area (Å²) in [6, 6.07) is 7.62. The molecule has 9 heteroatoms. The van der Waals surface area contributed by atoms with Crippen molar-refractivity contribution < 1.29 is 30.3 Å². The Morgan fingerprint density at radius 3 is 2.74 bits per heavy atom. The Morgan fingerprint density at radius 1 is 1.08 bits per heavy atom. The van der Waals surface area contributed by atoms with Crippen LogP contribution in [0.25, 0.3) is 0 Å². The second-order valence-electron chi connectivity index (χ2n) is 16.5. The number of phenolic OH excluding ortho intramolecular Hbond substituents is 1. The summed E-state index contributed by atoms with van der Waals surface area (Å²) in [5.41, 5.74) is 11.4. The second-order valence-corrected chi connectivity index (χ2v) is 16.5. The Balaban J connectivity index is 1.14. The van der Waals surface area contributed by atoms with Gasteiger partial charge in [-0.3, -0.25) is 0 Å². The number of aromatic hydroxyl groups is 1. The van der Waals surface area contributed by atoms with E-state index in [-0.39, 0.29) is 52.4 Å². The third-order valence-electron chi connectivity index (χ3n) is 13.6. The number of hydrogen-bond acceptors (Lipinski definition) is 8. The van der Waals surface area contributed by atoms with E-state index in [4.69, 9.17) is 10.5 Å². The molecule has 12 atom stereocenters. The number of ether oxygens (including phenoxy) is 1. The van der Waals surface area contributed by atoms with Crippen molar-refractivity contribution in [3.8, 4) is 23.3 Å². The maximum absolute atomic E-state index is 12.0. The van der Waals surface area contributed by atoms with Crippen LogP contribution >= 0.6 is 0 Å². The molecule has 2 heterocycles. The van der Waals surface area contributed by atoms with E-state index in [0.717, 1.165) is 73.8 Å². The number of aliphatic hydroxyl groups excluding tert-OH is 4. The van der Waals surface area contributed by atoms with Crippen LogP contribution in [0.2, 0.25) is 0 Å². The zero-order valence-corrected chi connectivity index (χ0v) is 30.6. The van der Waals surface area contributed by atoms with Crippen molar-refractivity contribution in [2.45, 2.75) is 108 Å². The topological polar surface area (TPSA) is 164 Å². The SMILES string of the molecule is CC[C@@]12C#C[C@H]3C=C4CCc5cc(O)c(O[C@@H]6[C@@H](O)[C@H](O)C=C[C@H]6[C@H](Cc6ccc[nH]6)C6=CCNC(N)=C6)cc5[C@@H]4C[C@@H](O)[C@@H]3[C@@H](O)[C@@H](CCC1)CC2. The van der Waals surface area contributed by atoms with Gasteiger partial charge in [0, 0.05) is 47.5 Å². The van der Waals surface area contributed by atoms with Gasteiger partial charge in [-0.05, 0) is 117 Å². The normalized spacial score (nSPS) is 36.8. The van der Waals surface area contributed by atoms with Gasteiger partial charge < -0.3 is 46.3 Å². The number of phenols is 1. The summed E-state index contributed by atoms with van der Waals surface area (Å²) < 4.78 is 6.67. The van der Waals surface area contributed by atoms with Gasteiger partial charge in [0.15, 0.2) is 11.5 Å². The van der Waals surface area contributed by atoms with Crippen LogP contribution in [-0.4, -0.2) is 67.6 Å². The van der Waals surface area contributed by atoms with Crippen LogP contribution in [0.1, 0.15) is 81.0 Å². The minimum Gasteiger partial charge on any atom is -0.504 e. The molecule has 0 saturated heterocycles. The van der Waals surface area contributed by atoms with Gasteiger partial charge in [-0.25, -0.2) is 0 Å². The molecule has 9 N–H and O–H groups in total. The predicted octanol–water partition coefficient (Wildman–Crippen LogP) is 4.87. The monoisotopic (exact) mass is 721 g/mol. The largest absolute Gasteiger partial charge is 0.504 e. The molecule has 8 rings (SSSR count). The molecule has 5 aliphatic carbocycles. The van der Waals surface area contributed by atoms with Crippen LogP contribution in [0.15, 0.2) is 77.8 Å². The fraction of sp³-hybridized carbons (Fsp3) is 0.545. The van der Waals surface area contributed by atoms with Gasteiger partial charge in [-0.1, -0.05) is 55.1 Å². The van der Waals surface area contributed by atoms with E-state index < -0.39 is 30.5 Å². The van der Waals surface area contributed by atoms with Crippen molar-refractivity contribution in [1.82, 2.24) is 10.3 Å². The van der Waals surface area contributed by atoms with E-state index in [1.165, 1.54) is 5.57 Å². The molecular formula is C44H55N3O6. The van der Waals surface area contributed by atoms with E-state index in [2.05, 4.69) is 41.2 Å². The molecule has 2 aromatic rings. The average molecular weight is 722 g/mol. The van der Waals surface area contributed by atoms with Crippen LogP contribution in [0.3, 0.4) is 0 Å². The molecule has 282 valence electrons. The van der Waals surface area contributed by atoms with Crippen LogP contribution in [-0.2, 0) is 12.8 Å². The fourth-order valence-electron chi connectivity index (χ4n) is 10.4. The van der Waals surface area contributed by atoms with Gasteiger partial charge in [-0.15, -0.1) is 0 Å². The summed E-state index contributed by atoms with van der Waals surface area (Å²) in [5.74, 6) is 6.97. The van der Waals surface area contributed by atoms with Crippen molar-refractivity contribution in [2.75, 3.05) is 6.54 Å². The van der Waals surface area contributed by atoms with Gasteiger partial charge in [-0.2, -0.15) is 0 Å². The van der Waals surface area contributed by atoms with Crippen molar-refractivity contribution in [2.24, 2.45) is 40.7 Å². The molecule has 0 radical (unpaired) electrons. The number of nitrogens with one attached hydrogen (secondary N) is 2. The highest BCUT2D eigenvalue weighted by atomic mass is 16.5. The van der Waals surface area contributed by atoms with E-state index in [0.29, 0.717) is 25.2 Å². The Bertz CT molecular complexity index is 1850. The highest BCUT2D eigenvalue weighted by Gasteiger charge is 2.46. The van der Waals surface area contributed by atoms with E-state index in [1.54, 1.807) is 12.1 Å². The third-order valence-corrected chi connectivity index (χ3v) is 13.6. The number of aryl methyl sites for hydroxylation is 1. The number of aromatic amines is 1. The predicted molar refractivity (Wildman–Crippen MR) is 203 cm³/mol. The Morgan fingerprint density at radius 2 is 1.94 bits per heavy atom. The second kappa shape index (κ2) is 14.7. The first-order valence-corrected chi connectivity index (χ1v) is 19.8. The number of fused-ring (bicyclic) bond motifs is 7. The molecule has 0 spiro atoms. The number of rotatable bonds is 7. The van der Waals surface area contributed by atoms with E-state index in [1.807, 2.05) is 36.5 Å². The Hall–Kier alpha value is -3.94. The number of aromatic nitrogens is 1. The Labute approximate surface area is 312 Å². The smallest absolute Gasteiger partial charge is 0.161 e. The van der Waals surface area contributed by atoms with Crippen LogP contribution in [0.4, 0.5) is 0 Å². The van der Waals surface area contributed by atoms with Crippen molar-refractivity contribution in [3.05, 3.63) is 94.6 Å². The lowest BCUT2D eigenvalue weighted by molar-refractivity contribution is -0.0609. The van der Waals surface area contributed by atoms with Crippen molar-refractivity contribution in [3.63, 3.8) is 0 Å². The molecule has 1 fully saturated rings. The van der Waals surface area contributed by atoms with Crippen LogP contribution in [0.5, 0.6) is 11.5 Å². The molecule has 1 aromatic heterocycles. The third kappa shape index (κ3) is 6.96. The molecule has 1 aliphatic heterocycles. The highest BCUT2D eigenvalue weighted by molar-refractivity contribution is 5.52. The first-order valence-electron chi connectivity index (χ1n) is 19.8. The molecule has 6 aliphatic rings. The number of hydrogen-bond donors (Lipinski definition) is 8. The van der Waals surface area contributed by atoms with E-state index >= 15 is 0 Å². The van der Waals surface area contributed by atoms with Gasteiger partial charge in [0.2, 0.25) is 0 Å². The number of benzene rings is 1. The maximum atomic E-state index is 12.0. The molecule has 0 unspecified atom stereocenters. The minimum absolute atomic E-state index is 0.0252. The quantitative estimate of drug-likeness (QED) is 0.148. The minimum atomic E-state index is -1.25. The van der Waals surface area contributed by atoms with E-state index in [9.17, 15) is 25.5 Å². The number of H-pyrrole nitrogens is 1. The molecule has 1 aromatic carbocycles. The summed E-state index contributed by atoms with van der Waals surface area (Å²) in [7, 11) is 0. The first-order chi connectivity index (χ1) is 25.6. The zero-order chi connectivity index (χ0) is 36.9. The number of allylic oxidation sites excluding steroid dienone is 4. The van der Waals surface area contributed by atoms with Crippen molar-refractivity contribution in [1.29, 1.82) is 0 Å². The molecule has 9 nitrogen and oxygen atoms in total. The maximum Gasteiger partial charge on any atom is 0.161 e. The molecule has 2 bridgehead atoms. The lowest BCUT2D eigenvalue weighted by Gasteiger charge is -2.40. The summed E-state index contributed by atoms with van der Waals surface area (Å²) in [4.78, 5) is 3.31. The Kier molecular flexibility index (Phi) is 10.0. The number of nitrogens with two attached hydrogens (primary N) is 1.